The highest BCUT2D eigenvalue weighted by Crippen LogP contribution is 2.44. The topological polar surface area (TPSA) is 81.5 Å². The molecule has 6 rings (SSSR count). The number of allylic oxidation sites excluding steroid dienone is 4. The summed E-state index contributed by atoms with van der Waals surface area (Å²) in [5.41, 5.74) is 2.02. The van der Waals surface area contributed by atoms with Gasteiger partial charge in [-0.1, -0.05) is 35.9 Å². The Bertz CT molecular complexity index is 1510. The summed E-state index contributed by atoms with van der Waals surface area (Å²) in [7, 11) is 1.89. The van der Waals surface area contributed by atoms with Gasteiger partial charge < -0.3 is 15.5 Å². The molecule has 3 heterocycles. The predicted octanol–water partition coefficient (Wildman–Crippen LogP) is 4.80. The average Bonchev–Trinajstić information content (AvgIpc) is 3.04. The van der Waals surface area contributed by atoms with Crippen LogP contribution in [-0.2, 0) is 0 Å². The van der Waals surface area contributed by atoms with Crippen LogP contribution in [0, 0.1) is 17.0 Å². The molecule has 7 nitrogen and oxygen atoms in total. The fraction of sp³-hybridized carbons (Fsp3) is 0.241. The van der Waals surface area contributed by atoms with Crippen molar-refractivity contribution in [2.45, 2.75) is 12.5 Å². The zero-order chi connectivity index (χ0) is 27.1. The lowest BCUT2D eigenvalue weighted by molar-refractivity contribution is 0.0577. The third kappa shape index (κ3) is 4.51. The molecule has 1 amide bonds. The van der Waals surface area contributed by atoms with Crippen molar-refractivity contribution in [2.75, 3.05) is 32.0 Å². The molecule has 2 aromatic rings. The number of aliphatic imine (C=N–C) groups is 3. The second-order valence-electron chi connectivity index (χ2n) is 9.85. The molecule has 1 spiro atoms. The van der Waals surface area contributed by atoms with Gasteiger partial charge in [0.1, 0.15) is 16.8 Å². The van der Waals surface area contributed by atoms with Crippen LogP contribution in [0.4, 0.5) is 14.5 Å². The molecule has 10 heteroatoms. The van der Waals surface area contributed by atoms with Crippen molar-refractivity contribution in [3.05, 3.63) is 95.1 Å². The number of hydrogen-bond acceptors (Lipinski definition) is 6. The SMILES string of the molecule is CNC1CN(C(=O)c2ccc(NC3=NCC45CC=C(c6c(F)cccc6F)N=C(Cl)C4=CC=CC5=N3)cc2)C1. The van der Waals surface area contributed by atoms with E-state index in [9.17, 15) is 13.6 Å². The number of rotatable bonds is 4. The molecule has 39 heavy (non-hydrogen) atoms. The van der Waals surface area contributed by atoms with Gasteiger partial charge in [-0.15, -0.1) is 0 Å². The number of likely N-dealkylation sites (tertiary alicyclic amines) is 1. The van der Waals surface area contributed by atoms with Crippen LogP contribution in [0.25, 0.3) is 5.70 Å². The highest BCUT2D eigenvalue weighted by molar-refractivity contribution is 6.70. The minimum Gasteiger partial charge on any atom is -0.335 e. The fourth-order valence-corrected chi connectivity index (χ4v) is 5.53. The highest BCUT2D eigenvalue weighted by Gasteiger charge is 2.44. The Morgan fingerprint density at radius 3 is 2.56 bits per heavy atom. The summed E-state index contributed by atoms with van der Waals surface area (Å²) in [6.45, 7) is 1.73. The van der Waals surface area contributed by atoms with Crippen molar-refractivity contribution in [3.8, 4) is 0 Å². The number of anilines is 1. The van der Waals surface area contributed by atoms with Crippen LogP contribution >= 0.6 is 11.6 Å². The molecule has 1 saturated heterocycles. The Morgan fingerprint density at radius 2 is 1.85 bits per heavy atom. The summed E-state index contributed by atoms with van der Waals surface area (Å²) in [5.74, 6) is -0.982. The Kier molecular flexibility index (Phi) is 6.48. The molecule has 1 unspecified atom stereocenters. The van der Waals surface area contributed by atoms with Crippen LogP contribution in [-0.4, -0.2) is 60.4 Å². The van der Waals surface area contributed by atoms with Gasteiger partial charge in [-0.25, -0.2) is 23.8 Å². The fourth-order valence-electron chi connectivity index (χ4n) is 5.19. The van der Waals surface area contributed by atoms with Crippen molar-refractivity contribution in [1.29, 1.82) is 0 Å². The Balaban J connectivity index is 1.22. The molecule has 0 aromatic heterocycles. The maximum atomic E-state index is 14.5. The van der Waals surface area contributed by atoms with Gasteiger partial charge in [-0.3, -0.25) is 4.79 Å². The summed E-state index contributed by atoms with van der Waals surface area (Å²) in [6, 6.07) is 11.3. The lowest BCUT2D eigenvalue weighted by Gasteiger charge is -2.39. The van der Waals surface area contributed by atoms with Gasteiger partial charge in [0, 0.05) is 36.0 Å². The summed E-state index contributed by atoms with van der Waals surface area (Å²) in [5, 5.41) is 6.53. The molecule has 0 saturated carbocycles. The number of halogens is 3. The molecule has 0 bridgehead atoms. The van der Waals surface area contributed by atoms with Gasteiger partial charge in [-0.05, 0) is 55.9 Å². The van der Waals surface area contributed by atoms with Crippen LogP contribution in [0.2, 0.25) is 0 Å². The van der Waals surface area contributed by atoms with Crippen molar-refractivity contribution in [1.82, 2.24) is 10.2 Å². The molecule has 4 aliphatic rings. The molecule has 1 fully saturated rings. The second-order valence-corrected chi connectivity index (χ2v) is 10.2. The summed E-state index contributed by atoms with van der Waals surface area (Å²) >= 11 is 6.63. The van der Waals surface area contributed by atoms with Gasteiger partial charge in [-0.2, -0.15) is 0 Å². The number of guanidine groups is 1. The van der Waals surface area contributed by atoms with Crippen molar-refractivity contribution < 1.29 is 13.6 Å². The number of carbonyl (C=O) groups is 1. The van der Waals surface area contributed by atoms with Crippen LogP contribution in [0.15, 0.2) is 87.3 Å². The standard InChI is InChI=1S/C29H25ClF2N6O/c1-33-19-14-38(15-19)27(39)17-8-10-18(11-9-17)35-28-34-16-29-13-12-23(25-21(31)5-3-6-22(25)32)36-26(30)20(29)4-2-7-24(29)37-28/h2-12,19,33H,13-16H2,1H3,(H,34,35). The normalized spacial score (nSPS) is 22.3. The Hall–Kier alpha value is -3.95. The van der Waals surface area contributed by atoms with E-state index >= 15 is 0 Å². The molecule has 2 aromatic carbocycles. The molecular formula is C29H25ClF2N6O. The molecule has 1 atom stereocenters. The van der Waals surface area contributed by atoms with E-state index in [1.165, 1.54) is 18.2 Å². The first-order chi connectivity index (χ1) is 18.9. The first-order valence-electron chi connectivity index (χ1n) is 12.6. The summed E-state index contributed by atoms with van der Waals surface area (Å²) in [4.78, 5) is 28.3. The molecule has 0 radical (unpaired) electrons. The third-order valence-electron chi connectivity index (χ3n) is 7.52. The first-order valence-corrected chi connectivity index (χ1v) is 13.0. The monoisotopic (exact) mass is 546 g/mol. The molecular weight excluding hydrogens is 522 g/mol. The van der Waals surface area contributed by atoms with Crippen LogP contribution < -0.4 is 10.6 Å². The third-order valence-corrected chi connectivity index (χ3v) is 7.80. The van der Waals surface area contributed by atoms with E-state index in [1.807, 2.05) is 42.3 Å². The minimum absolute atomic E-state index is 0.00602. The number of likely N-dealkylation sites (N-methyl/N-ethyl adjacent to an activating group) is 1. The molecule has 3 aliphatic heterocycles. The van der Waals surface area contributed by atoms with E-state index in [4.69, 9.17) is 16.6 Å². The molecule has 2 N–H and O–H groups in total. The van der Waals surface area contributed by atoms with E-state index in [1.54, 1.807) is 18.2 Å². The smallest absolute Gasteiger partial charge is 0.253 e. The maximum absolute atomic E-state index is 14.5. The quantitative estimate of drug-likeness (QED) is 0.578. The van der Waals surface area contributed by atoms with Gasteiger partial charge in [0.15, 0.2) is 0 Å². The first kappa shape index (κ1) is 25.3. The summed E-state index contributed by atoms with van der Waals surface area (Å²) in [6.07, 6.45) is 7.62. The number of nitrogens with one attached hydrogen (secondary N) is 2. The molecule has 198 valence electrons. The van der Waals surface area contributed by atoms with E-state index < -0.39 is 17.0 Å². The van der Waals surface area contributed by atoms with E-state index in [0.29, 0.717) is 49.2 Å². The second kappa shape index (κ2) is 9.98. The lowest BCUT2D eigenvalue weighted by atomic mass is 9.70. The van der Waals surface area contributed by atoms with Gasteiger partial charge in [0.05, 0.1) is 28.9 Å². The number of nitrogens with zero attached hydrogens (tertiary/aromatic N) is 4. The van der Waals surface area contributed by atoms with Gasteiger partial charge >= 0.3 is 0 Å². The lowest BCUT2D eigenvalue weighted by Crippen LogP contribution is -2.58. The predicted molar refractivity (Wildman–Crippen MR) is 150 cm³/mol. The Morgan fingerprint density at radius 1 is 1.10 bits per heavy atom. The van der Waals surface area contributed by atoms with Crippen LogP contribution in [0.1, 0.15) is 22.3 Å². The van der Waals surface area contributed by atoms with Crippen molar-refractivity contribution >= 4 is 45.7 Å². The average molecular weight is 547 g/mol. The largest absolute Gasteiger partial charge is 0.335 e. The van der Waals surface area contributed by atoms with Crippen LogP contribution in [0.5, 0.6) is 0 Å². The van der Waals surface area contributed by atoms with E-state index in [0.717, 1.165) is 11.4 Å². The number of carbonyl (C=O) groups excluding carboxylic acids is 1. The van der Waals surface area contributed by atoms with E-state index in [2.05, 4.69) is 20.6 Å². The summed E-state index contributed by atoms with van der Waals surface area (Å²) < 4.78 is 29.0. The maximum Gasteiger partial charge on any atom is 0.253 e. The number of amides is 1. The number of hydrogen-bond donors (Lipinski definition) is 2. The van der Waals surface area contributed by atoms with Gasteiger partial charge in [0.2, 0.25) is 5.96 Å². The minimum atomic E-state index is -0.706. The number of benzene rings is 2. The zero-order valence-electron chi connectivity index (χ0n) is 21.1. The molecule has 1 aliphatic carbocycles. The van der Waals surface area contributed by atoms with Crippen molar-refractivity contribution in [3.63, 3.8) is 0 Å². The van der Waals surface area contributed by atoms with Crippen molar-refractivity contribution in [2.24, 2.45) is 20.4 Å². The zero-order valence-corrected chi connectivity index (χ0v) is 21.8. The van der Waals surface area contributed by atoms with E-state index in [-0.39, 0.29) is 22.3 Å². The van der Waals surface area contributed by atoms with Gasteiger partial charge in [0.25, 0.3) is 5.91 Å². The Labute approximate surface area is 229 Å². The van der Waals surface area contributed by atoms with Crippen LogP contribution in [0.3, 0.4) is 0 Å². The highest BCUT2D eigenvalue weighted by atomic mass is 35.5.